The Morgan fingerprint density at radius 2 is 0.743 bits per heavy atom. The summed E-state index contributed by atoms with van der Waals surface area (Å²) in [7, 11) is 0. The SMILES string of the molecule is CC1(C)c2cc(-c3ccccc3)ccc2N(c2ccccc2)c2cc3c(cc21)N(c1cccc(-c2ccc4c(c2)Oc2ccccc2B4c2ccccc2)c1)c1ccc(-c2ccccc2)cc1C3(C)C. The van der Waals surface area contributed by atoms with Gasteiger partial charge in [0.1, 0.15) is 11.5 Å². The van der Waals surface area contributed by atoms with E-state index in [-0.39, 0.29) is 17.5 Å². The summed E-state index contributed by atoms with van der Waals surface area (Å²) in [6, 6.07) is 86.8. The molecule has 10 aromatic rings. The Hall–Kier alpha value is -8.34. The van der Waals surface area contributed by atoms with Crippen LogP contribution in [0, 0.1) is 0 Å². The second-order valence-electron chi connectivity index (χ2n) is 20.1. The first kappa shape index (κ1) is 41.8. The molecule has 0 amide bonds. The zero-order chi connectivity index (χ0) is 47.1. The maximum atomic E-state index is 6.76. The van der Waals surface area contributed by atoms with Gasteiger partial charge in [-0.3, -0.25) is 0 Å². The third-order valence-corrected chi connectivity index (χ3v) is 15.3. The van der Waals surface area contributed by atoms with Crippen molar-refractivity contribution in [2.24, 2.45) is 0 Å². The van der Waals surface area contributed by atoms with Crippen LogP contribution in [0.5, 0.6) is 11.5 Å². The van der Waals surface area contributed by atoms with Gasteiger partial charge in [0, 0.05) is 22.2 Å². The molecule has 13 rings (SSSR count). The lowest BCUT2D eigenvalue weighted by atomic mass is 9.36. The van der Waals surface area contributed by atoms with Crippen molar-refractivity contribution in [3.63, 3.8) is 0 Å². The average Bonchev–Trinajstić information content (AvgIpc) is 3.41. The fourth-order valence-electron chi connectivity index (χ4n) is 11.7. The zero-order valence-electron chi connectivity index (χ0n) is 39.9. The molecule has 0 N–H and O–H groups in total. The molecule has 70 heavy (non-hydrogen) atoms. The number of ether oxygens (including phenoxy) is 1. The highest BCUT2D eigenvalue weighted by Crippen LogP contribution is 2.59. The molecular weight excluding hydrogens is 848 g/mol. The van der Waals surface area contributed by atoms with Crippen molar-refractivity contribution < 1.29 is 4.74 Å². The Morgan fingerprint density at radius 1 is 0.314 bits per heavy atom. The maximum Gasteiger partial charge on any atom is 0.250 e. The van der Waals surface area contributed by atoms with E-state index in [0.717, 1.165) is 34.0 Å². The number of rotatable bonds is 6. The molecular formula is C66H51BN2O. The second kappa shape index (κ2) is 16.1. The lowest BCUT2D eigenvalue weighted by Crippen LogP contribution is -2.54. The topological polar surface area (TPSA) is 15.7 Å². The highest BCUT2D eigenvalue weighted by molar-refractivity contribution is 6.96. The lowest BCUT2D eigenvalue weighted by Gasteiger charge is -2.47. The molecule has 3 aliphatic rings. The van der Waals surface area contributed by atoms with Crippen LogP contribution in [0.15, 0.2) is 237 Å². The van der Waals surface area contributed by atoms with E-state index in [9.17, 15) is 0 Å². The van der Waals surface area contributed by atoms with E-state index in [1.54, 1.807) is 0 Å². The van der Waals surface area contributed by atoms with Crippen molar-refractivity contribution in [3.8, 4) is 44.9 Å². The largest absolute Gasteiger partial charge is 0.458 e. The molecule has 0 aromatic heterocycles. The van der Waals surface area contributed by atoms with Gasteiger partial charge in [0.25, 0.3) is 6.71 Å². The van der Waals surface area contributed by atoms with Crippen molar-refractivity contribution in [1.82, 2.24) is 0 Å². The number of para-hydroxylation sites is 2. The zero-order valence-corrected chi connectivity index (χ0v) is 39.9. The maximum absolute atomic E-state index is 6.76. The molecule has 10 aromatic carbocycles. The first-order chi connectivity index (χ1) is 34.2. The Bertz CT molecular complexity index is 3640. The molecule has 0 spiro atoms. The first-order valence-electron chi connectivity index (χ1n) is 24.5. The van der Waals surface area contributed by atoms with Crippen molar-refractivity contribution in [3.05, 3.63) is 259 Å². The summed E-state index contributed by atoms with van der Waals surface area (Å²) in [4.78, 5) is 5.03. The highest BCUT2D eigenvalue weighted by atomic mass is 16.5. The predicted molar refractivity (Wildman–Crippen MR) is 294 cm³/mol. The van der Waals surface area contributed by atoms with Gasteiger partial charge in [0.2, 0.25) is 0 Å². The molecule has 3 heterocycles. The fraction of sp³-hybridized carbons (Fsp3) is 0.0909. The number of benzene rings is 10. The van der Waals surface area contributed by atoms with Crippen LogP contribution in [0.4, 0.5) is 34.1 Å². The smallest absolute Gasteiger partial charge is 0.250 e. The quantitative estimate of drug-likeness (QED) is 0.155. The number of hydrogen-bond acceptors (Lipinski definition) is 3. The van der Waals surface area contributed by atoms with E-state index in [2.05, 4.69) is 274 Å². The van der Waals surface area contributed by atoms with Crippen LogP contribution in [-0.2, 0) is 10.8 Å². The Balaban J connectivity index is 1.00. The third-order valence-electron chi connectivity index (χ3n) is 15.3. The van der Waals surface area contributed by atoms with Gasteiger partial charge in [-0.15, -0.1) is 0 Å². The van der Waals surface area contributed by atoms with Gasteiger partial charge >= 0.3 is 0 Å². The molecule has 334 valence electrons. The van der Waals surface area contributed by atoms with E-state index in [1.165, 1.54) is 83.6 Å². The summed E-state index contributed by atoms with van der Waals surface area (Å²) in [5, 5.41) is 0. The van der Waals surface area contributed by atoms with Gasteiger partial charge in [0.05, 0.1) is 22.7 Å². The molecule has 0 radical (unpaired) electrons. The van der Waals surface area contributed by atoms with Crippen molar-refractivity contribution in [2.45, 2.75) is 38.5 Å². The molecule has 0 saturated carbocycles. The van der Waals surface area contributed by atoms with Gasteiger partial charge in [0.15, 0.2) is 0 Å². The summed E-state index contributed by atoms with van der Waals surface area (Å²) < 4.78 is 6.76. The average molecular weight is 899 g/mol. The Morgan fingerprint density at radius 3 is 1.34 bits per heavy atom. The van der Waals surface area contributed by atoms with Crippen molar-refractivity contribution in [2.75, 3.05) is 9.80 Å². The van der Waals surface area contributed by atoms with E-state index in [1.807, 2.05) is 0 Å². The molecule has 0 bridgehead atoms. The molecule has 0 saturated heterocycles. The van der Waals surface area contributed by atoms with Gasteiger partial charge in [-0.2, -0.15) is 0 Å². The normalized spacial score (nSPS) is 14.5. The minimum Gasteiger partial charge on any atom is -0.458 e. The van der Waals surface area contributed by atoms with Crippen LogP contribution in [-0.4, -0.2) is 6.71 Å². The van der Waals surface area contributed by atoms with E-state index in [4.69, 9.17) is 4.74 Å². The lowest BCUT2D eigenvalue weighted by molar-refractivity contribution is 0.487. The Kier molecular flexibility index (Phi) is 9.64. The summed E-state index contributed by atoms with van der Waals surface area (Å²) in [5.74, 6) is 1.80. The fourth-order valence-corrected chi connectivity index (χ4v) is 11.7. The van der Waals surface area contributed by atoms with E-state index >= 15 is 0 Å². The highest BCUT2D eigenvalue weighted by Gasteiger charge is 2.43. The molecule has 3 nitrogen and oxygen atoms in total. The van der Waals surface area contributed by atoms with E-state index in [0.29, 0.717) is 0 Å². The minimum atomic E-state index is -0.357. The van der Waals surface area contributed by atoms with Crippen molar-refractivity contribution >= 4 is 57.2 Å². The predicted octanol–water partition coefficient (Wildman–Crippen LogP) is 15.5. The minimum absolute atomic E-state index is 0.0805. The second-order valence-corrected chi connectivity index (χ2v) is 20.1. The van der Waals surface area contributed by atoms with Crippen molar-refractivity contribution in [1.29, 1.82) is 0 Å². The summed E-state index contributed by atoms with van der Waals surface area (Å²) >= 11 is 0. The van der Waals surface area contributed by atoms with Crippen LogP contribution in [0.2, 0.25) is 0 Å². The van der Waals surface area contributed by atoms with Gasteiger partial charge in [-0.25, -0.2) is 0 Å². The standard InChI is InChI=1S/C66H51BN2O/c1-65(2)53-39-47(44-20-9-5-10-21-44)33-36-59(53)68(51-27-15-8-16-28-51)61-42-56-62(43-55(61)65)69(60-37-34-48(40-54(60)66(56,3)4)45-22-11-6-12-23-45)52-29-19-24-46(38-52)49-32-35-58-64(41-49)70-63-31-18-17-30-57(63)67(58)50-25-13-7-14-26-50/h5-43H,1-4H3. The summed E-state index contributed by atoms with van der Waals surface area (Å²) in [5.41, 5.74) is 22.2. The number of hydrogen-bond donors (Lipinski definition) is 0. The van der Waals surface area contributed by atoms with E-state index < -0.39 is 0 Å². The van der Waals surface area contributed by atoms with Crippen LogP contribution in [0.1, 0.15) is 49.9 Å². The monoisotopic (exact) mass is 898 g/mol. The first-order valence-corrected chi connectivity index (χ1v) is 24.5. The molecule has 0 atom stereocenters. The number of fused-ring (bicyclic) bond motifs is 6. The number of nitrogens with zero attached hydrogens (tertiary/aromatic N) is 2. The molecule has 0 fully saturated rings. The molecule has 0 aliphatic carbocycles. The van der Waals surface area contributed by atoms with Gasteiger partial charge < -0.3 is 14.5 Å². The van der Waals surface area contributed by atoms with Crippen LogP contribution >= 0.6 is 0 Å². The summed E-state index contributed by atoms with van der Waals surface area (Å²) in [6.07, 6.45) is 0. The van der Waals surface area contributed by atoms with Crippen LogP contribution in [0.3, 0.4) is 0 Å². The molecule has 3 aliphatic heterocycles. The number of anilines is 6. The van der Waals surface area contributed by atoms with Crippen LogP contribution < -0.4 is 30.9 Å². The van der Waals surface area contributed by atoms with Crippen LogP contribution in [0.25, 0.3) is 33.4 Å². The van der Waals surface area contributed by atoms with Gasteiger partial charge in [-0.1, -0.05) is 197 Å². The summed E-state index contributed by atoms with van der Waals surface area (Å²) in [6.45, 7) is 9.72. The molecule has 4 heteroatoms. The third kappa shape index (κ3) is 6.65. The van der Waals surface area contributed by atoms with Gasteiger partial charge in [-0.05, 0) is 139 Å². The Labute approximate surface area is 412 Å². The molecule has 0 unspecified atom stereocenters.